The lowest BCUT2D eigenvalue weighted by Gasteiger charge is -2.44. The van der Waals surface area contributed by atoms with E-state index < -0.39 is 16.1 Å². The van der Waals surface area contributed by atoms with Gasteiger partial charge in [-0.3, -0.25) is 19.6 Å². The molecule has 0 N–H and O–H groups in total. The molecule has 4 nitrogen and oxygen atoms in total. The Kier molecular flexibility index (Phi) is 7.59. The van der Waals surface area contributed by atoms with Gasteiger partial charge in [-0.1, -0.05) is 65.0 Å². The molecule has 3 aliphatic rings. The first-order valence-electron chi connectivity index (χ1n) is 12.6. The Morgan fingerprint density at radius 2 is 0.867 bits per heavy atom. The number of hydrogen-bond acceptors (Lipinski definition) is 2. The molecule has 0 spiro atoms. The lowest BCUT2D eigenvalue weighted by molar-refractivity contribution is -0.174. The molecule has 172 valence electrons. The molecule has 6 heteroatoms. The van der Waals surface area contributed by atoms with Crippen molar-refractivity contribution < 1.29 is 9.59 Å². The molecule has 1 aliphatic heterocycles. The zero-order valence-electron chi connectivity index (χ0n) is 20.5. The number of amides is 2. The molecule has 3 fully saturated rings. The average molecular weight is 451 g/mol. The van der Waals surface area contributed by atoms with Crippen molar-refractivity contribution in [3.63, 3.8) is 0 Å². The quantitative estimate of drug-likeness (QED) is 0.482. The van der Waals surface area contributed by atoms with Crippen LogP contribution in [0.25, 0.3) is 0 Å². The molecule has 0 aromatic carbocycles. The SMILES string of the molecule is C[Si](C)(C)C1CCC(C(=O)N2CCCCN2C(=O)C2CCC([Si](C)(C)C)CC2)CC1. The van der Waals surface area contributed by atoms with Crippen LogP contribution >= 0.6 is 0 Å². The van der Waals surface area contributed by atoms with Gasteiger partial charge in [-0.05, 0) is 49.6 Å². The summed E-state index contributed by atoms with van der Waals surface area (Å²) in [6.45, 7) is 16.2. The molecule has 0 aromatic rings. The second-order valence-electron chi connectivity index (χ2n) is 12.5. The van der Waals surface area contributed by atoms with Gasteiger partial charge in [0.15, 0.2) is 0 Å². The zero-order chi connectivity index (χ0) is 22.1. The molecule has 3 rings (SSSR count). The van der Waals surface area contributed by atoms with Crippen LogP contribution < -0.4 is 0 Å². The minimum Gasteiger partial charge on any atom is -0.273 e. The van der Waals surface area contributed by atoms with Gasteiger partial charge in [0.05, 0.1) is 0 Å². The summed E-state index contributed by atoms with van der Waals surface area (Å²) < 4.78 is 0. The van der Waals surface area contributed by atoms with Crippen LogP contribution in [0.2, 0.25) is 50.4 Å². The number of rotatable bonds is 4. The second kappa shape index (κ2) is 9.47. The molecule has 0 bridgehead atoms. The largest absolute Gasteiger partial charge is 0.273 e. The van der Waals surface area contributed by atoms with Crippen molar-refractivity contribution in [3.8, 4) is 0 Å². The van der Waals surface area contributed by atoms with Crippen molar-refractivity contribution in [2.75, 3.05) is 13.1 Å². The van der Waals surface area contributed by atoms with Crippen LogP contribution in [0.3, 0.4) is 0 Å². The number of carbonyl (C=O) groups excluding carboxylic acids is 2. The fraction of sp³-hybridized carbons (Fsp3) is 0.917. The summed E-state index contributed by atoms with van der Waals surface area (Å²) in [5.74, 6) is 0.753. The molecular formula is C24H46N2O2Si2. The number of carbonyl (C=O) groups is 2. The standard InChI is InChI=1S/C24H46N2O2Si2/c1-29(2,3)21-13-9-19(10-14-21)23(27)25-17-7-8-18-26(25)24(28)20-11-15-22(16-12-20)30(4,5)6/h19-22H,7-18H2,1-6H3. The van der Waals surface area contributed by atoms with Gasteiger partial charge in [-0.25, -0.2) is 0 Å². The van der Waals surface area contributed by atoms with Crippen molar-refractivity contribution >= 4 is 28.0 Å². The molecule has 2 amide bonds. The van der Waals surface area contributed by atoms with Gasteiger partial charge in [0.25, 0.3) is 0 Å². The Balaban J connectivity index is 1.60. The summed E-state index contributed by atoms with van der Waals surface area (Å²) in [5.41, 5.74) is 1.70. The summed E-state index contributed by atoms with van der Waals surface area (Å²) in [6.07, 6.45) is 11.0. The third-order valence-electron chi connectivity index (χ3n) is 8.39. The lowest BCUT2D eigenvalue weighted by atomic mass is 9.87. The maximum Gasteiger partial charge on any atom is 0.244 e. The highest BCUT2D eigenvalue weighted by Gasteiger charge is 2.40. The van der Waals surface area contributed by atoms with Crippen LogP contribution in [0.5, 0.6) is 0 Å². The third-order valence-corrected chi connectivity index (χ3v) is 14.4. The topological polar surface area (TPSA) is 40.6 Å². The van der Waals surface area contributed by atoms with E-state index in [4.69, 9.17) is 0 Å². The predicted octanol–water partition coefficient (Wildman–Crippen LogP) is 6.15. The van der Waals surface area contributed by atoms with Crippen molar-refractivity contribution in [1.82, 2.24) is 10.0 Å². The summed E-state index contributed by atoms with van der Waals surface area (Å²) in [7, 11) is -2.24. The highest BCUT2D eigenvalue weighted by Crippen LogP contribution is 2.42. The van der Waals surface area contributed by atoms with E-state index in [0.717, 1.165) is 62.7 Å². The minimum atomic E-state index is -1.12. The Bertz CT molecular complexity index is 556. The van der Waals surface area contributed by atoms with Crippen molar-refractivity contribution in [1.29, 1.82) is 0 Å². The van der Waals surface area contributed by atoms with E-state index in [2.05, 4.69) is 39.3 Å². The number of hydrogen-bond donors (Lipinski definition) is 0. The summed E-state index contributed by atoms with van der Waals surface area (Å²) in [6, 6.07) is 0. The van der Waals surface area contributed by atoms with Crippen molar-refractivity contribution in [3.05, 3.63) is 0 Å². The van der Waals surface area contributed by atoms with E-state index >= 15 is 0 Å². The molecule has 0 atom stereocenters. The summed E-state index contributed by atoms with van der Waals surface area (Å²) >= 11 is 0. The van der Waals surface area contributed by atoms with E-state index in [1.54, 1.807) is 0 Å². The normalized spacial score (nSPS) is 31.5. The predicted molar refractivity (Wildman–Crippen MR) is 131 cm³/mol. The fourth-order valence-corrected chi connectivity index (χ4v) is 10.2. The van der Waals surface area contributed by atoms with Gasteiger partial charge in [0.1, 0.15) is 0 Å². The van der Waals surface area contributed by atoms with E-state index in [1.165, 1.54) is 25.7 Å². The maximum atomic E-state index is 13.4. The first kappa shape index (κ1) is 24.0. The van der Waals surface area contributed by atoms with Gasteiger partial charge < -0.3 is 0 Å². The monoisotopic (exact) mass is 450 g/mol. The number of nitrogens with zero attached hydrogens (tertiary/aromatic N) is 2. The van der Waals surface area contributed by atoms with E-state index in [1.807, 2.05) is 10.0 Å². The van der Waals surface area contributed by atoms with Crippen LogP contribution in [0.4, 0.5) is 0 Å². The van der Waals surface area contributed by atoms with Crippen LogP contribution in [-0.4, -0.2) is 51.1 Å². The molecule has 0 aromatic heterocycles. The highest BCUT2D eigenvalue weighted by molar-refractivity contribution is 6.77. The molecule has 30 heavy (non-hydrogen) atoms. The van der Waals surface area contributed by atoms with Gasteiger partial charge in [0.2, 0.25) is 11.8 Å². The van der Waals surface area contributed by atoms with E-state index in [9.17, 15) is 9.59 Å². The molecule has 0 unspecified atom stereocenters. The minimum absolute atomic E-state index is 0.133. The maximum absolute atomic E-state index is 13.4. The van der Waals surface area contributed by atoms with Crippen LogP contribution in [0.15, 0.2) is 0 Å². The highest BCUT2D eigenvalue weighted by atomic mass is 28.3. The Morgan fingerprint density at radius 1 is 0.567 bits per heavy atom. The van der Waals surface area contributed by atoms with Crippen LogP contribution in [0.1, 0.15) is 64.2 Å². The molecule has 0 radical (unpaired) electrons. The first-order chi connectivity index (χ1) is 14.0. The summed E-state index contributed by atoms with van der Waals surface area (Å²) in [4.78, 5) is 26.9. The van der Waals surface area contributed by atoms with Crippen LogP contribution in [-0.2, 0) is 9.59 Å². The average Bonchev–Trinajstić information content (AvgIpc) is 2.71. The Morgan fingerprint density at radius 3 is 1.13 bits per heavy atom. The fourth-order valence-electron chi connectivity index (χ4n) is 6.06. The summed E-state index contributed by atoms with van der Waals surface area (Å²) in [5, 5.41) is 3.77. The Labute approximate surface area is 187 Å². The van der Waals surface area contributed by atoms with E-state index in [0.29, 0.717) is 0 Å². The second-order valence-corrected chi connectivity index (χ2v) is 23.6. The molecule has 1 heterocycles. The zero-order valence-corrected chi connectivity index (χ0v) is 22.5. The van der Waals surface area contributed by atoms with Gasteiger partial charge in [0, 0.05) is 41.1 Å². The molecule has 2 saturated carbocycles. The number of hydrazine groups is 1. The molecule has 2 aliphatic carbocycles. The lowest BCUT2D eigenvalue weighted by Crippen LogP contribution is -2.56. The first-order valence-corrected chi connectivity index (χ1v) is 19.8. The van der Waals surface area contributed by atoms with Crippen molar-refractivity contribution in [2.24, 2.45) is 11.8 Å². The third kappa shape index (κ3) is 5.59. The molecule has 1 saturated heterocycles. The van der Waals surface area contributed by atoms with Gasteiger partial charge in [-0.15, -0.1) is 0 Å². The molecular weight excluding hydrogens is 404 g/mol. The van der Waals surface area contributed by atoms with E-state index in [-0.39, 0.29) is 23.7 Å². The van der Waals surface area contributed by atoms with Gasteiger partial charge >= 0.3 is 0 Å². The van der Waals surface area contributed by atoms with Crippen LogP contribution in [0, 0.1) is 11.8 Å². The van der Waals surface area contributed by atoms with Gasteiger partial charge in [-0.2, -0.15) is 0 Å². The smallest absolute Gasteiger partial charge is 0.244 e. The van der Waals surface area contributed by atoms with Crippen molar-refractivity contribution in [2.45, 2.75) is 115 Å². The Hall–Kier alpha value is -0.626.